The Balaban J connectivity index is 2.19. The van der Waals surface area contributed by atoms with Gasteiger partial charge in [0.25, 0.3) is 0 Å². The fourth-order valence-electron chi connectivity index (χ4n) is 1.36. The Morgan fingerprint density at radius 3 is 2.86 bits per heavy atom. The first-order valence-electron chi connectivity index (χ1n) is 4.27. The fourth-order valence-corrected chi connectivity index (χ4v) is 1.36. The van der Waals surface area contributed by atoms with Gasteiger partial charge in [-0.05, 0) is 0 Å². The third-order valence-electron chi connectivity index (χ3n) is 2.06. The average Bonchev–Trinajstić information content (AvgIpc) is 2.51. The third kappa shape index (κ3) is 1.46. The van der Waals surface area contributed by atoms with Crippen molar-refractivity contribution in [3.05, 3.63) is 12.4 Å². The van der Waals surface area contributed by atoms with Crippen LogP contribution in [0.15, 0.2) is 12.4 Å². The largest absolute Gasteiger partial charge is 0.328 e. The van der Waals surface area contributed by atoms with Crippen LogP contribution in [0.5, 0.6) is 0 Å². The van der Waals surface area contributed by atoms with Gasteiger partial charge in [-0.15, -0.1) is 0 Å². The molecule has 0 saturated carbocycles. The minimum absolute atomic E-state index is 0.227. The van der Waals surface area contributed by atoms with Gasteiger partial charge in [-0.25, -0.2) is 4.79 Å². The molecule has 6 nitrogen and oxygen atoms in total. The summed E-state index contributed by atoms with van der Waals surface area (Å²) in [5.41, 5.74) is 0.706. The molecule has 14 heavy (non-hydrogen) atoms. The summed E-state index contributed by atoms with van der Waals surface area (Å²) in [5, 5.41) is 6.20. The van der Waals surface area contributed by atoms with Gasteiger partial charge in [-0.1, -0.05) is 0 Å². The second kappa shape index (κ2) is 3.13. The number of rotatable bonds is 1. The summed E-state index contributed by atoms with van der Waals surface area (Å²) in [4.78, 5) is 23.7. The topological polar surface area (TPSA) is 67.2 Å². The molecule has 0 aromatic carbocycles. The molecule has 0 aliphatic carbocycles. The summed E-state index contributed by atoms with van der Waals surface area (Å²) < 4.78 is 1.61. The van der Waals surface area contributed by atoms with E-state index in [1.54, 1.807) is 24.1 Å². The summed E-state index contributed by atoms with van der Waals surface area (Å²) in [6.45, 7) is 0.413. The molecule has 3 amide bonds. The van der Waals surface area contributed by atoms with Gasteiger partial charge < -0.3 is 0 Å². The molecule has 74 valence electrons. The number of imide groups is 1. The van der Waals surface area contributed by atoms with E-state index < -0.39 is 0 Å². The number of carbonyl (C=O) groups is 2. The molecule has 2 heterocycles. The third-order valence-corrected chi connectivity index (χ3v) is 2.06. The molecular weight excluding hydrogens is 184 g/mol. The Bertz CT molecular complexity index is 384. The lowest BCUT2D eigenvalue weighted by molar-refractivity contribution is -0.120. The Labute approximate surface area is 80.5 Å². The van der Waals surface area contributed by atoms with E-state index in [4.69, 9.17) is 0 Å². The highest BCUT2D eigenvalue weighted by molar-refractivity contribution is 6.05. The van der Waals surface area contributed by atoms with E-state index in [9.17, 15) is 9.59 Å². The van der Waals surface area contributed by atoms with E-state index in [1.807, 2.05) is 0 Å². The van der Waals surface area contributed by atoms with Crippen molar-refractivity contribution < 1.29 is 9.59 Å². The van der Waals surface area contributed by atoms with Crippen LogP contribution < -0.4 is 10.2 Å². The number of amides is 3. The van der Waals surface area contributed by atoms with Crippen LogP contribution in [0.2, 0.25) is 0 Å². The summed E-state index contributed by atoms with van der Waals surface area (Å²) in [6.07, 6.45) is 3.66. The van der Waals surface area contributed by atoms with Gasteiger partial charge in [0.1, 0.15) is 0 Å². The maximum absolute atomic E-state index is 11.4. The molecule has 1 fully saturated rings. The Hall–Kier alpha value is -1.85. The SMILES string of the molecule is Cn1cc(N2CCC(=O)NC2=O)cn1. The van der Waals surface area contributed by atoms with Gasteiger partial charge in [-0.2, -0.15) is 5.10 Å². The van der Waals surface area contributed by atoms with Crippen LogP contribution >= 0.6 is 0 Å². The first-order chi connectivity index (χ1) is 6.66. The molecular formula is C8H10N4O2. The van der Waals surface area contributed by atoms with E-state index in [0.717, 1.165) is 0 Å². The average molecular weight is 194 g/mol. The van der Waals surface area contributed by atoms with E-state index in [2.05, 4.69) is 10.4 Å². The second-order valence-corrected chi connectivity index (χ2v) is 3.13. The van der Waals surface area contributed by atoms with Crippen molar-refractivity contribution in [2.75, 3.05) is 11.4 Å². The molecule has 1 saturated heterocycles. The molecule has 0 unspecified atom stereocenters. The number of nitrogens with one attached hydrogen (secondary N) is 1. The number of anilines is 1. The van der Waals surface area contributed by atoms with Crippen LogP contribution in [-0.2, 0) is 11.8 Å². The quantitative estimate of drug-likeness (QED) is 0.677. The maximum Gasteiger partial charge on any atom is 0.328 e. The molecule has 1 aromatic heterocycles. The normalized spacial score (nSPS) is 17.1. The van der Waals surface area contributed by atoms with Crippen LogP contribution in [0.3, 0.4) is 0 Å². The Kier molecular flexibility index (Phi) is 1.95. The first-order valence-corrected chi connectivity index (χ1v) is 4.27. The first kappa shape index (κ1) is 8.74. The number of hydrogen-bond acceptors (Lipinski definition) is 3. The summed E-state index contributed by atoms with van der Waals surface area (Å²) in [5.74, 6) is -0.227. The zero-order valence-corrected chi connectivity index (χ0v) is 7.73. The van der Waals surface area contributed by atoms with Crippen molar-refractivity contribution in [3.63, 3.8) is 0 Å². The molecule has 1 aliphatic heterocycles. The van der Waals surface area contributed by atoms with Crippen molar-refractivity contribution in [2.24, 2.45) is 7.05 Å². The predicted molar refractivity (Wildman–Crippen MR) is 48.7 cm³/mol. The van der Waals surface area contributed by atoms with Gasteiger partial charge in [0.15, 0.2) is 0 Å². The van der Waals surface area contributed by atoms with E-state index >= 15 is 0 Å². The lowest BCUT2D eigenvalue weighted by atomic mass is 10.3. The highest BCUT2D eigenvalue weighted by Crippen LogP contribution is 2.14. The van der Waals surface area contributed by atoms with Crippen molar-refractivity contribution in [3.8, 4) is 0 Å². The monoisotopic (exact) mass is 194 g/mol. The van der Waals surface area contributed by atoms with Crippen molar-refractivity contribution in [1.82, 2.24) is 15.1 Å². The van der Waals surface area contributed by atoms with Gasteiger partial charge in [-0.3, -0.25) is 19.7 Å². The van der Waals surface area contributed by atoms with Gasteiger partial charge in [0, 0.05) is 26.2 Å². The molecule has 0 bridgehead atoms. The minimum atomic E-state index is -0.380. The maximum atomic E-state index is 11.4. The van der Waals surface area contributed by atoms with Crippen LogP contribution in [0.1, 0.15) is 6.42 Å². The smallest absolute Gasteiger partial charge is 0.290 e. The fraction of sp³-hybridized carbons (Fsp3) is 0.375. The number of urea groups is 1. The van der Waals surface area contributed by atoms with Crippen LogP contribution in [0.25, 0.3) is 0 Å². The molecule has 1 N–H and O–H groups in total. The van der Waals surface area contributed by atoms with Crippen molar-refractivity contribution >= 4 is 17.6 Å². The van der Waals surface area contributed by atoms with Crippen LogP contribution in [0.4, 0.5) is 10.5 Å². The highest BCUT2D eigenvalue weighted by atomic mass is 16.2. The number of hydrogen-bond donors (Lipinski definition) is 1. The Morgan fingerprint density at radius 1 is 1.50 bits per heavy atom. The summed E-state index contributed by atoms with van der Waals surface area (Å²) >= 11 is 0. The lowest BCUT2D eigenvalue weighted by Gasteiger charge is -2.24. The molecule has 1 aromatic rings. The number of nitrogens with zero attached hydrogens (tertiary/aromatic N) is 3. The number of carbonyl (C=O) groups excluding carboxylic acids is 2. The van der Waals surface area contributed by atoms with E-state index in [1.165, 1.54) is 4.90 Å². The van der Waals surface area contributed by atoms with Gasteiger partial charge in [0.2, 0.25) is 5.91 Å². The van der Waals surface area contributed by atoms with Crippen LogP contribution in [-0.4, -0.2) is 28.3 Å². The predicted octanol–water partition coefficient (Wildman–Crippen LogP) is -0.134. The summed E-state index contributed by atoms with van der Waals surface area (Å²) in [6, 6.07) is -0.380. The standard InChI is InChI=1S/C8H10N4O2/c1-11-5-6(4-9-11)12-3-2-7(13)10-8(12)14/h4-5H,2-3H2,1H3,(H,10,13,14). The molecule has 1 aliphatic rings. The zero-order chi connectivity index (χ0) is 10.1. The zero-order valence-electron chi connectivity index (χ0n) is 7.73. The Morgan fingerprint density at radius 2 is 2.29 bits per heavy atom. The van der Waals surface area contributed by atoms with E-state index in [-0.39, 0.29) is 11.9 Å². The number of aryl methyl sites for hydroxylation is 1. The number of aromatic nitrogens is 2. The molecule has 0 spiro atoms. The van der Waals surface area contributed by atoms with Crippen LogP contribution in [0, 0.1) is 0 Å². The molecule has 0 radical (unpaired) electrons. The minimum Gasteiger partial charge on any atom is -0.290 e. The molecule has 0 atom stereocenters. The van der Waals surface area contributed by atoms with Gasteiger partial charge >= 0.3 is 6.03 Å². The lowest BCUT2D eigenvalue weighted by Crippen LogP contribution is -2.49. The summed E-state index contributed by atoms with van der Waals surface area (Å²) in [7, 11) is 1.77. The molecule has 2 rings (SSSR count). The van der Waals surface area contributed by atoms with E-state index in [0.29, 0.717) is 18.7 Å². The van der Waals surface area contributed by atoms with Gasteiger partial charge in [0.05, 0.1) is 11.9 Å². The van der Waals surface area contributed by atoms with Crippen molar-refractivity contribution in [2.45, 2.75) is 6.42 Å². The second-order valence-electron chi connectivity index (χ2n) is 3.13. The highest BCUT2D eigenvalue weighted by Gasteiger charge is 2.24. The van der Waals surface area contributed by atoms with Crippen molar-refractivity contribution in [1.29, 1.82) is 0 Å². The molecule has 6 heteroatoms.